The molecule has 0 aliphatic heterocycles. The Kier molecular flexibility index (Phi) is 84.7. The molecule has 0 aromatic heterocycles. The van der Waals surface area contributed by atoms with Gasteiger partial charge in [0.05, 0.1) is 26.4 Å². The predicted molar refractivity (Wildman–Crippen MR) is 482 cm³/mol. The van der Waals surface area contributed by atoms with Gasteiger partial charge < -0.3 is 34.2 Å². The minimum absolute atomic E-state index is 0.0854. The molecule has 18 heteroatoms. The molecule has 0 rings (SSSR count). The molecule has 0 amide bonds. The molecular formula is C97H166O16P2. The minimum Gasteiger partial charge on any atom is -0.463 e. The molecule has 0 heterocycles. The summed E-state index contributed by atoms with van der Waals surface area (Å²) in [6.45, 7) is 2.46. The number of rotatable bonds is 86. The maximum atomic E-state index is 13.1. The lowest BCUT2D eigenvalue weighted by Crippen LogP contribution is -2.30. The molecule has 0 fully saturated rings. The van der Waals surface area contributed by atoms with E-state index >= 15 is 0 Å². The molecule has 0 aliphatic carbocycles. The second-order valence-corrected chi connectivity index (χ2v) is 33.2. The molecule has 0 saturated carbocycles. The molecule has 0 radical (unpaired) electrons. The Bertz CT molecular complexity index is 2720. The average Bonchev–Trinajstić information content (AvgIpc) is 0.896. The minimum atomic E-state index is -4.95. The summed E-state index contributed by atoms with van der Waals surface area (Å²) in [6, 6.07) is 0. The van der Waals surface area contributed by atoms with E-state index in [1.54, 1.807) is 0 Å². The van der Waals surface area contributed by atoms with Gasteiger partial charge in [0.1, 0.15) is 25.4 Å². The van der Waals surface area contributed by atoms with Gasteiger partial charge in [-0.2, -0.15) is 0 Å². The van der Waals surface area contributed by atoms with Gasteiger partial charge in [0, 0.05) is 19.3 Å². The maximum absolute atomic E-state index is 13.1. The third kappa shape index (κ3) is 89.8. The van der Waals surface area contributed by atoms with Gasteiger partial charge in [-0.3, -0.25) is 32.5 Å². The molecule has 5 unspecified atom stereocenters. The second kappa shape index (κ2) is 88.5. The lowest BCUT2D eigenvalue weighted by molar-refractivity contribution is -0.161. The largest absolute Gasteiger partial charge is 0.472 e. The highest BCUT2D eigenvalue weighted by Gasteiger charge is 2.29. The van der Waals surface area contributed by atoms with Crippen molar-refractivity contribution in [2.45, 2.75) is 399 Å². The van der Waals surface area contributed by atoms with Gasteiger partial charge in [-0.15, -0.1) is 0 Å². The Morgan fingerprint density at radius 3 is 0.730 bits per heavy atom. The molecule has 0 aromatic rings. The number of hydrogen-bond acceptors (Lipinski definition) is 14. The third-order valence-electron chi connectivity index (χ3n) is 19.2. The number of aliphatic hydroxyl groups is 2. The first kappa shape index (κ1) is 110. The number of carbonyl (C=O) groups excluding carboxylic acids is 3. The van der Waals surface area contributed by atoms with Crippen LogP contribution in [0.5, 0.6) is 0 Å². The van der Waals surface area contributed by atoms with E-state index in [-0.39, 0.29) is 19.3 Å². The van der Waals surface area contributed by atoms with Crippen molar-refractivity contribution in [1.29, 1.82) is 0 Å². The van der Waals surface area contributed by atoms with E-state index in [0.29, 0.717) is 19.3 Å². The van der Waals surface area contributed by atoms with Crippen LogP contribution in [0.2, 0.25) is 0 Å². The Morgan fingerprint density at radius 1 is 0.252 bits per heavy atom. The van der Waals surface area contributed by atoms with E-state index in [1.165, 1.54) is 154 Å². The van der Waals surface area contributed by atoms with Crippen molar-refractivity contribution in [2.24, 2.45) is 0 Å². The number of unbranched alkanes of at least 4 members (excludes halogenated alkanes) is 37. The number of hydrogen-bond donors (Lipinski definition) is 4. The van der Waals surface area contributed by atoms with Crippen LogP contribution in [0.4, 0.5) is 0 Å². The highest BCUT2D eigenvalue weighted by molar-refractivity contribution is 7.47. The average molecular weight is 1650 g/mol. The zero-order valence-electron chi connectivity index (χ0n) is 72.7. The van der Waals surface area contributed by atoms with Crippen LogP contribution in [0, 0.1) is 0 Å². The first-order chi connectivity index (χ1) is 56.2. The van der Waals surface area contributed by atoms with Crippen molar-refractivity contribution < 1.29 is 75.8 Å². The van der Waals surface area contributed by atoms with Crippen molar-refractivity contribution in [3.8, 4) is 0 Å². The van der Waals surface area contributed by atoms with Crippen molar-refractivity contribution in [2.75, 3.05) is 39.6 Å². The fourth-order valence-corrected chi connectivity index (χ4v) is 13.9. The Morgan fingerprint density at radius 2 is 0.461 bits per heavy atom. The molecule has 0 bridgehead atoms. The molecule has 0 spiro atoms. The molecule has 0 saturated heterocycles. The van der Waals surface area contributed by atoms with Crippen LogP contribution in [-0.4, -0.2) is 95.9 Å². The molecule has 16 nitrogen and oxygen atoms in total. The normalized spacial score (nSPS) is 14.5. The SMILES string of the molecule is CC/C=C\C/C=C\C/C=C\C/C=C\C/C=C\CCCCCCCCCCCCCCCCCC(=O)OCC(O)COP(=O)(O)OCC(O)COP(=O)(O)OCC(COC(=O)CCCCCCCCCCCCCCC/C=C\C/C=C\C/C=C\C/C=C\CCCCC)OC(=O)CCCCCCCC/C=C\C/C=C\C/C=C\C/C=C\CC. The topological polar surface area (TPSA) is 231 Å². The summed E-state index contributed by atoms with van der Waals surface area (Å²) in [4.78, 5) is 59.0. The molecular weight excluding hydrogens is 1480 g/mol. The summed E-state index contributed by atoms with van der Waals surface area (Å²) in [5.41, 5.74) is 0. The first-order valence-corrected chi connectivity index (χ1v) is 48.8. The van der Waals surface area contributed by atoms with Gasteiger partial charge in [0.15, 0.2) is 6.10 Å². The molecule has 5 atom stereocenters. The lowest BCUT2D eigenvalue weighted by atomic mass is 10.0. The van der Waals surface area contributed by atoms with Gasteiger partial charge >= 0.3 is 33.6 Å². The van der Waals surface area contributed by atoms with E-state index in [1.807, 2.05) is 0 Å². The first-order valence-electron chi connectivity index (χ1n) is 45.8. The van der Waals surface area contributed by atoms with E-state index in [2.05, 4.69) is 179 Å². The highest BCUT2D eigenvalue weighted by Crippen LogP contribution is 2.45. The number of aliphatic hydroxyl groups excluding tert-OH is 2. The predicted octanol–water partition coefficient (Wildman–Crippen LogP) is 28.1. The van der Waals surface area contributed by atoms with Gasteiger partial charge in [0.2, 0.25) is 0 Å². The second-order valence-electron chi connectivity index (χ2n) is 30.3. The number of phosphoric acid groups is 2. The lowest BCUT2D eigenvalue weighted by Gasteiger charge is -2.21. The smallest absolute Gasteiger partial charge is 0.463 e. The summed E-state index contributed by atoms with van der Waals surface area (Å²) in [5, 5.41) is 20.7. The van der Waals surface area contributed by atoms with Crippen LogP contribution in [0.1, 0.15) is 380 Å². The van der Waals surface area contributed by atoms with Crippen LogP contribution in [0.3, 0.4) is 0 Å². The summed E-state index contributed by atoms with van der Waals surface area (Å²) in [7, 11) is -9.81. The fraction of sp³-hybridized carbons (Fsp3) is 0.701. The molecule has 0 aromatic carbocycles. The monoisotopic (exact) mass is 1650 g/mol. The van der Waals surface area contributed by atoms with Gasteiger partial charge in [-0.05, 0) is 148 Å². The van der Waals surface area contributed by atoms with Crippen LogP contribution in [0.15, 0.2) is 158 Å². The van der Waals surface area contributed by atoms with Crippen LogP contribution in [-0.2, 0) is 55.8 Å². The van der Waals surface area contributed by atoms with E-state index < -0.39 is 91.5 Å². The quantitative estimate of drug-likeness (QED) is 0.0146. The maximum Gasteiger partial charge on any atom is 0.472 e. The van der Waals surface area contributed by atoms with Gasteiger partial charge in [-0.1, -0.05) is 371 Å². The number of phosphoric ester groups is 2. The number of allylic oxidation sites excluding steroid dienone is 26. The van der Waals surface area contributed by atoms with Gasteiger partial charge in [-0.25, -0.2) is 9.13 Å². The summed E-state index contributed by atoms with van der Waals surface area (Å²) in [5.74, 6) is -1.58. The fourth-order valence-electron chi connectivity index (χ4n) is 12.3. The van der Waals surface area contributed by atoms with Crippen LogP contribution < -0.4 is 0 Å². The Hall–Kier alpha value is -4.83. The highest BCUT2D eigenvalue weighted by atomic mass is 31.2. The van der Waals surface area contributed by atoms with E-state index in [9.17, 15) is 43.5 Å². The zero-order valence-corrected chi connectivity index (χ0v) is 74.5. The molecule has 660 valence electrons. The molecule has 115 heavy (non-hydrogen) atoms. The van der Waals surface area contributed by atoms with E-state index in [4.69, 9.17) is 32.3 Å². The van der Waals surface area contributed by atoms with E-state index in [0.717, 1.165) is 167 Å². The van der Waals surface area contributed by atoms with Crippen molar-refractivity contribution in [3.63, 3.8) is 0 Å². The van der Waals surface area contributed by atoms with Crippen molar-refractivity contribution >= 4 is 33.6 Å². The molecule has 0 aliphatic rings. The number of carbonyl (C=O) groups is 3. The molecule has 4 N–H and O–H groups in total. The van der Waals surface area contributed by atoms with Crippen molar-refractivity contribution in [3.05, 3.63) is 158 Å². The van der Waals surface area contributed by atoms with Crippen molar-refractivity contribution in [1.82, 2.24) is 0 Å². The Balaban J connectivity index is 4.56. The third-order valence-corrected chi connectivity index (χ3v) is 21.1. The van der Waals surface area contributed by atoms with Crippen LogP contribution >= 0.6 is 15.6 Å². The summed E-state index contributed by atoms with van der Waals surface area (Å²) < 4.78 is 61.5. The summed E-state index contributed by atoms with van der Waals surface area (Å²) >= 11 is 0. The number of esters is 3. The zero-order chi connectivity index (χ0) is 83.6. The number of ether oxygens (including phenoxy) is 3. The van der Waals surface area contributed by atoms with Crippen LogP contribution in [0.25, 0.3) is 0 Å². The standard InChI is InChI=1S/C97H166O16P2/c1-4-7-10-13-16-19-22-25-28-31-34-36-38-40-42-44-45-47-49-50-52-54-57-59-62-65-68-71-74-77-80-83-95(100)107-86-92(98)87-109-114(103,104)110-88-93(99)89-111-115(105,106)112-91-94(113-97(102)85-82-79-76-73-70-67-64-61-56-33-30-27-24-21-18-15-12-9-6-3)90-108-96(101)84-81-78-75-72-69-66-63-60-58-55-53-51-48-46-43-41-39-37-35-32-29-26-23-20-17-14-11-8-5-2/h7,9-10,12,16-21,25-30,34-37,40-43,56,61,92-94,98-99H,4-6,8,11,13-15,22-24,31-33,38-39,44-55,57-60,62-91H2,1-3H3,(H,103,104)(H,105,106)/b10-7-,12-9-,19-16-,20-17-,21-18-,28-25-,29-26-,30-27-,36-34-,37-35-,42-40-,43-41-,61-56-. The Labute approximate surface area is 701 Å². The summed E-state index contributed by atoms with van der Waals surface area (Å²) in [6.07, 6.45) is 113. The van der Waals surface area contributed by atoms with Gasteiger partial charge in [0.25, 0.3) is 0 Å².